The number of halogens is 2. The van der Waals surface area contributed by atoms with E-state index in [-0.39, 0.29) is 36.8 Å². The number of rotatable bonds is 6. The minimum Gasteiger partial charge on any atom is -0.374 e. The van der Waals surface area contributed by atoms with Gasteiger partial charge >= 0.3 is 0 Å². The number of nitrogens with one attached hydrogen (secondary N) is 1. The first-order chi connectivity index (χ1) is 12.6. The summed E-state index contributed by atoms with van der Waals surface area (Å²) in [7, 11) is 0. The maximum Gasteiger partial charge on any atom is 0.241 e. The van der Waals surface area contributed by atoms with E-state index in [4.69, 9.17) is 10.5 Å². The van der Waals surface area contributed by atoms with Crippen molar-refractivity contribution in [2.24, 2.45) is 5.73 Å². The zero-order valence-corrected chi connectivity index (χ0v) is 17.7. The summed E-state index contributed by atoms with van der Waals surface area (Å²) >= 11 is 0. The predicted octanol–water partition coefficient (Wildman–Crippen LogP) is 2.86. The van der Waals surface area contributed by atoms with Crippen molar-refractivity contribution in [2.45, 2.75) is 25.6 Å². The molecule has 1 heterocycles. The van der Waals surface area contributed by atoms with Crippen LogP contribution in [-0.2, 0) is 16.1 Å². The predicted molar refractivity (Wildman–Crippen MR) is 117 cm³/mol. The Morgan fingerprint density at radius 1 is 1.18 bits per heavy atom. The van der Waals surface area contributed by atoms with Gasteiger partial charge in [0.25, 0.3) is 0 Å². The van der Waals surface area contributed by atoms with Crippen molar-refractivity contribution in [3.8, 4) is 0 Å². The highest BCUT2D eigenvalue weighted by Gasteiger charge is 2.22. The molecule has 0 aromatic heterocycles. The van der Waals surface area contributed by atoms with Crippen LogP contribution < -0.4 is 11.1 Å². The third-order valence-corrected chi connectivity index (χ3v) is 4.69. The lowest BCUT2D eigenvalue weighted by Crippen LogP contribution is -2.48. The molecule has 7 heteroatoms. The van der Waals surface area contributed by atoms with Crippen LogP contribution in [0, 0.1) is 6.92 Å². The molecule has 0 radical (unpaired) electrons. The molecule has 0 spiro atoms. The Labute approximate surface area is 179 Å². The zero-order valence-electron chi connectivity index (χ0n) is 16.0. The van der Waals surface area contributed by atoms with E-state index in [0.29, 0.717) is 13.2 Å². The Morgan fingerprint density at radius 3 is 2.54 bits per heavy atom. The summed E-state index contributed by atoms with van der Waals surface area (Å²) in [6.45, 7) is 5.77. The fraction of sp³-hybridized carbons (Fsp3) is 0.381. The van der Waals surface area contributed by atoms with Gasteiger partial charge in [-0.2, -0.15) is 0 Å². The summed E-state index contributed by atoms with van der Waals surface area (Å²) in [6, 6.07) is 17.5. The Kier molecular flexibility index (Phi) is 10.5. The molecule has 3 rings (SSSR count). The number of benzene rings is 2. The number of morpholine rings is 1. The molecular formula is C21H29Cl2N3O2. The van der Waals surface area contributed by atoms with E-state index in [1.807, 2.05) is 37.3 Å². The molecule has 3 N–H and O–H groups in total. The molecule has 1 aliphatic heterocycles. The summed E-state index contributed by atoms with van der Waals surface area (Å²) in [5.41, 5.74) is 9.33. The SMILES string of the molecule is Cc1ccc(C(N)C(=O)NCC2CN(Cc3ccccc3)CCO2)cc1.Cl.Cl. The van der Waals surface area contributed by atoms with E-state index in [2.05, 4.69) is 34.5 Å². The van der Waals surface area contributed by atoms with Gasteiger partial charge < -0.3 is 15.8 Å². The van der Waals surface area contributed by atoms with Crippen molar-refractivity contribution < 1.29 is 9.53 Å². The number of nitrogens with zero attached hydrogens (tertiary/aromatic N) is 1. The van der Waals surface area contributed by atoms with Gasteiger partial charge in [-0.25, -0.2) is 0 Å². The first-order valence-electron chi connectivity index (χ1n) is 9.09. The number of carbonyl (C=O) groups excluding carboxylic acids is 1. The molecule has 2 unspecified atom stereocenters. The van der Waals surface area contributed by atoms with Gasteiger partial charge in [-0.1, -0.05) is 60.2 Å². The summed E-state index contributed by atoms with van der Waals surface area (Å²) in [4.78, 5) is 14.7. The minimum atomic E-state index is -0.653. The maximum atomic E-state index is 12.3. The lowest BCUT2D eigenvalue weighted by atomic mass is 10.1. The molecule has 5 nitrogen and oxygen atoms in total. The second-order valence-corrected chi connectivity index (χ2v) is 6.85. The Bertz CT molecular complexity index is 713. The molecule has 2 atom stereocenters. The normalized spacial score (nSPS) is 17.7. The minimum absolute atomic E-state index is 0. The molecule has 0 bridgehead atoms. The van der Waals surface area contributed by atoms with E-state index in [9.17, 15) is 4.79 Å². The molecule has 0 saturated carbocycles. The van der Waals surface area contributed by atoms with Crippen molar-refractivity contribution >= 4 is 30.7 Å². The molecular weight excluding hydrogens is 397 g/mol. The first-order valence-corrected chi connectivity index (χ1v) is 9.09. The zero-order chi connectivity index (χ0) is 18.4. The van der Waals surface area contributed by atoms with Crippen molar-refractivity contribution in [2.75, 3.05) is 26.2 Å². The maximum absolute atomic E-state index is 12.3. The summed E-state index contributed by atoms with van der Waals surface area (Å²) < 4.78 is 5.80. The van der Waals surface area contributed by atoms with Crippen LogP contribution in [0.2, 0.25) is 0 Å². The van der Waals surface area contributed by atoms with E-state index in [1.54, 1.807) is 0 Å². The lowest BCUT2D eigenvalue weighted by molar-refractivity contribution is -0.123. The molecule has 1 saturated heterocycles. The van der Waals surface area contributed by atoms with E-state index in [1.165, 1.54) is 5.56 Å². The highest BCUT2D eigenvalue weighted by atomic mass is 35.5. The van der Waals surface area contributed by atoms with Crippen LogP contribution in [0.5, 0.6) is 0 Å². The number of hydrogen-bond acceptors (Lipinski definition) is 4. The highest BCUT2D eigenvalue weighted by Crippen LogP contribution is 2.13. The second-order valence-electron chi connectivity index (χ2n) is 6.85. The Morgan fingerprint density at radius 2 is 1.86 bits per heavy atom. The van der Waals surface area contributed by atoms with Crippen molar-refractivity contribution in [1.82, 2.24) is 10.2 Å². The molecule has 1 amide bonds. The monoisotopic (exact) mass is 425 g/mol. The third kappa shape index (κ3) is 7.08. The van der Waals surface area contributed by atoms with Crippen molar-refractivity contribution in [3.05, 3.63) is 71.3 Å². The van der Waals surface area contributed by atoms with Crippen LogP contribution >= 0.6 is 24.8 Å². The third-order valence-electron chi connectivity index (χ3n) is 4.69. The molecule has 154 valence electrons. The van der Waals surface area contributed by atoms with Gasteiger partial charge in [-0.05, 0) is 18.1 Å². The molecule has 2 aromatic carbocycles. The molecule has 1 aliphatic rings. The van der Waals surface area contributed by atoms with Crippen molar-refractivity contribution in [1.29, 1.82) is 0 Å². The van der Waals surface area contributed by atoms with E-state index >= 15 is 0 Å². The standard InChI is InChI=1S/C21H27N3O2.2ClH/c1-16-7-9-18(10-8-16)20(22)21(25)23-13-19-15-24(11-12-26-19)14-17-5-3-2-4-6-17;;/h2-10,19-20H,11-15,22H2,1H3,(H,23,25);2*1H. The average Bonchev–Trinajstić information content (AvgIpc) is 2.67. The van der Waals surface area contributed by atoms with Gasteiger partial charge in [0, 0.05) is 26.2 Å². The van der Waals surface area contributed by atoms with Crippen LogP contribution in [0.4, 0.5) is 0 Å². The van der Waals surface area contributed by atoms with Crippen LogP contribution in [0.3, 0.4) is 0 Å². The van der Waals surface area contributed by atoms with Crippen LogP contribution in [0.25, 0.3) is 0 Å². The topological polar surface area (TPSA) is 67.6 Å². The van der Waals surface area contributed by atoms with Crippen LogP contribution in [0.1, 0.15) is 22.7 Å². The van der Waals surface area contributed by atoms with Gasteiger partial charge in [-0.3, -0.25) is 9.69 Å². The number of aryl methyl sites for hydroxylation is 1. The van der Waals surface area contributed by atoms with Crippen LogP contribution in [-0.4, -0.2) is 43.2 Å². The molecule has 28 heavy (non-hydrogen) atoms. The smallest absolute Gasteiger partial charge is 0.241 e. The second kappa shape index (κ2) is 12.0. The van der Waals surface area contributed by atoms with Gasteiger partial charge in [0.15, 0.2) is 0 Å². The molecule has 0 aliphatic carbocycles. The fourth-order valence-corrected chi connectivity index (χ4v) is 3.14. The number of carbonyl (C=O) groups is 1. The number of ether oxygens (including phenoxy) is 1. The highest BCUT2D eigenvalue weighted by molar-refractivity contribution is 5.85. The largest absolute Gasteiger partial charge is 0.374 e. The van der Waals surface area contributed by atoms with Crippen molar-refractivity contribution in [3.63, 3.8) is 0 Å². The quantitative estimate of drug-likeness (QED) is 0.746. The number of amides is 1. The average molecular weight is 426 g/mol. The lowest BCUT2D eigenvalue weighted by Gasteiger charge is -2.33. The van der Waals surface area contributed by atoms with Gasteiger partial charge in [0.2, 0.25) is 5.91 Å². The van der Waals surface area contributed by atoms with Crippen LogP contribution in [0.15, 0.2) is 54.6 Å². The summed E-state index contributed by atoms with van der Waals surface area (Å²) in [5.74, 6) is -0.169. The number of nitrogens with two attached hydrogens (primary N) is 1. The fourth-order valence-electron chi connectivity index (χ4n) is 3.14. The summed E-state index contributed by atoms with van der Waals surface area (Å²) in [6.07, 6.45) is -0.0124. The van der Waals surface area contributed by atoms with Gasteiger partial charge in [0.05, 0.1) is 12.7 Å². The van der Waals surface area contributed by atoms with E-state index < -0.39 is 6.04 Å². The number of hydrogen-bond donors (Lipinski definition) is 2. The first kappa shape index (κ1) is 24.4. The van der Waals surface area contributed by atoms with Gasteiger partial charge in [0.1, 0.15) is 6.04 Å². The molecule has 1 fully saturated rings. The summed E-state index contributed by atoms with van der Waals surface area (Å²) in [5, 5.41) is 2.93. The Hall–Kier alpha value is -1.63. The Balaban J connectivity index is 0.00000196. The van der Waals surface area contributed by atoms with E-state index in [0.717, 1.165) is 30.8 Å². The van der Waals surface area contributed by atoms with Gasteiger partial charge in [-0.15, -0.1) is 24.8 Å². The molecule has 2 aromatic rings.